The number of ketones is 1. The first kappa shape index (κ1) is 13.6. The molecule has 0 fully saturated rings. The summed E-state index contributed by atoms with van der Waals surface area (Å²) in [7, 11) is 0. The van der Waals surface area contributed by atoms with E-state index >= 15 is 0 Å². The number of carbonyl (C=O) groups excluding carboxylic acids is 1. The van der Waals surface area contributed by atoms with Crippen LogP contribution in [0.1, 0.15) is 20.8 Å². The Morgan fingerprint density at radius 1 is 1.35 bits per heavy atom. The molecular weight excluding hydrogens is 223 g/mol. The Balaban J connectivity index is 2.77. The molecule has 0 saturated heterocycles. The molecule has 0 radical (unpaired) electrons. The molecule has 1 aromatic rings. The van der Waals surface area contributed by atoms with Crippen molar-refractivity contribution in [1.29, 1.82) is 0 Å². The van der Waals surface area contributed by atoms with Gasteiger partial charge < -0.3 is 9.84 Å². The number of rotatable bonds is 4. The van der Waals surface area contributed by atoms with Crippen LogP contribution in [0.15, 0.2) is 24.3 Å². The van der Waals surface area contributed by atoms with E-state index in [1.165, 1.54) is 24.3 Å². The summed E-state index contributed by atoms with van der Waals surface area (Å²) in [5, 5.41) is 9.16. The molecule has 0 amide bonds. The zero-order valence-corrected chi connectivity index (χ0v) is 10.2. The van der Waals surface area contributed by atoms with Crippen LogP contribution in [-0.4, -0.2) is 23.6 Å². The zero-order chi connectivity index (χ0) is 13.1. The summed E-state index contributed by atoms with van der Waals surface area (Å²) in [6.45, 7) is 4.87. The molecule has 4 heteroatoms. The van der Waals surface area contributed by atoms with E-state index in [1.807, 2.05) is 0 Å². The SMILES string of the molecule is CC(C)(C)C(=O)C(CO)Oc1ccc(F)cc1. The zero-order valence-electron chi connectivity index (χ0n) is 10.2. The lowest BCUT2D eigenvalue weighted by Gasteiger charge is -2.23. The number of benzene rings is 1. The van der Waals surface area contributed by atoms with Gasteiger partial charge in [-0.15, -0.1) is 0 Å². The van der Waals surface area contributed by atoms with Gasteiger partial charge in [0.1, 0.15) is 11.6 Å². The van der Waals surface area contributed by atoms with Gasteiger partial charge in [-0.05, 0) is 24.3 Å². The van der Waals surface area contributed by atoms with E-state index in [-0.39, 0.29) is 11.6 Å². The van der Waals surface area contributed by atoms with Crippen LogP contribution in [0.4, 0.5) is 4.39 Å². The fourth-order valence-electron chi connectivity index (χ4n) is 1.33. The molecule has 1 atom stereocenters. The lowest BCUT2D eigenvalue weighted by molar-refractivity contribution is -0.135. The van der Waals surface area contributed by atoms with Gasteiger partial charge in [-0.25, -0.2) is 4.39 Å². The minimum Gasteiger partial charge on any atom is -0.480 e. The highest BCUT2D eigenvalue weighted by molar-refractivity contribution is 5.88. The van der Waals surface area contributed by atoms with Crippen LogP contribution in [0.2, 0.25) is 0 Å². The predicted molar refractivity (Wildman–Crippen MR) is 62.4 cm³/mol. The molecule has 0 bridgehead atoms. The van der Waals surface area contributed by atoms with Gasteiger partial charge in [0.25, 0.3) is 0 Å². The molecular formula is C13H17FO3. The van der Waals surface area contributed by atoms with E-state index in [0.29, 0.717) is 5.75 Å². The quantitative estimate of drug-likeness (QED) is 0.877. The van der Waals surface area contributed by atoms with E-state index in [9.17, 15) is 9.18 Å². The monoisotopic (exact) mass is 240 g/mol. The predicted octanol–water partition coefficient (Wildman–Crippen LogP) is 2.18. The molecule has 1 N–H and O–H groups in total. The van der Waals surface area contributed by atoms with Gasteiger partial charge >= 0.3 is 0 Å². The van der Waals surface area contributed by atoms with E-state index in [1.54, 1.807) is 20.8 Å². The lowest BCUT2D eigenvalue weighted by atomic mass is 9.88. The van der Waals surface area contributed by atoms with Crippen LogP contribution in [0.5, 0.6) is 5.75 Å². The second kappa shape index (κ2) is 5.27. The van der Waals surface area contributed by atoms with E-state index in [0.717, 1.165) is 0 Å². The van der Waals surface area contributed by atoms with Crippen LogP contribution < -0.4 is 4.74 Å². The third kappa shape index (κ3) is 3.82. The Morgan fingerprint density at radius 2 is 1.88 bits per heavy atom. The first-order valence-corrected chi connectivity index (χ1v) is 5.42. The summed E-state index contributed by atoms with van der Waals surface area (Å²) in [4.78, 5) is 11.9. The number of aliphatic hydroxyl groups is 1. The Labute approximate surface area is 100 Å². The van der Waals surface area contributed by atoms with Crippen molar-refractivity contribution in [2.45, 2.75) is 26.9 Å². The topological polar surface area (TPSA) is 46.5 Å². The summed E-state index contributed by atoms with van der Waals surface area (Å²) < 4.78 is 18.0. The van der Waals surface area contributed by atoms with Crippen molar-refractivity contribution in [3.63, 3.8) is 0 Å². The number of hydrogen-bond acceptors (Lipinski definition) is 3. The molecule has 1 unspecified atom stereocenters. The molecule has 0 aliphatic heterocycles. The van der Waals surface area contributed by atoms with Crippen molar-refractivity contribution in [2.24, 2.45) is 5.41 Å². The van der Waals surface area contributed by atoms with Gasteiger partial charge in [0, 0.05) is 5.41 Å². The van der Waals surface area contributed by atoms with Gasteiger partial charge in [0.15, 0.2) is 11.9 Å². The Kier molecular flexibility index (Phi) is 4.23. The molecule has 0 aromatic heterocycles. The van der Waals surface area contributed by atoms with Crippen LogP contribution >= 0.6 is 0 Å². The largest absolute Gasteiger partial charge is 0.480 e. The normalized spacial score (nSPS) is 13.2. The number of ether oxygens (including phenoxy) is 1. The number of carbonyl (C=O) groups is 1. The molecule has 0 spiro atoms. The van der Waals surface area contributed by atoms with Crippen molar-refractivity contribution >= 4 is 5.78 Å². The number of aliphatic hydroxyl groups excluding tert-OH is 1. The average molecular weight is 240 g/mol. The van der Waals surface area contributed by atoms with Gasteiger partial charge in [0.2, 0.25) is 0 Å². The van der Waals surface area contributed by atoms with E-state index in [4.69, 9.17) is 9.84 Å². The molecule has 17 heavy (non-hydrogen) atoms. The maximum absolute atomic E-state index is 12.7. The molecule has 0 aliphatic carbocycles. The lowest BCUT2D eigenvalue weighted by Crippen LogP contribution is -2.39. The van der Waals surface area contributed by atoms with Crippen molar-refractivity contribution < 1.29 is 19.0 Å². The van der Waals surface area contributed by atoms with E-state index in [2.05, 4.69) is 0 Å². The van der Waals surface area contributed by atoms with Crippen molar-refractivity contribution in [3.05, 3.63) is 30.1 Å². The van der Waals surface area contributed by atoms with Gasteiger partial charge in [-0.3, -0.25) is 4.79 Å². The first-order chi connectivity index (χ1) is 7.84. The summed E-state index contributed by atoms with van der Waals surface area (Å²) in [6, 6.07) is 5.33. The third-order valence-electron chi connectivity index (χ3n) is 2.29. The number of Topliss-reactive ketones (excluding diaryl/α,β-unsaturated/α-hetero) is 1. The minimum atomic E-state index is -0.916. The molecule has 0 aliphatic rings. The smallest absolute Gasteiger partial charge is 0.180 e. The maximum Gasteiger partial charge on any atom is 0.180 e. The summed E-state index contributed by atoms with van der Waals surface area (Å²) in [5.41, 5.74) is -0.590. The molecule has 0 heterocycles. The highest BCUT2D eigenvalue weighted by Crippen LogP contribution is 2.20. The second-order valence-corrected chi connectivity index (χ2v) is 4.86. The average Bonchev–Trinajstić information content (AvgIpc) is 2.26. The van der Waals surface area contributed by atoms with Crippen LogP contribution in [0.25, 0.3) is 0 Å². The van der Waals surface area contributed by atoms with E-state index < -0.39 is 18.1 Å². The van der Waals surface area contributed by atoms with Crippen LogP contribution in [-0.2, 0) is 4.79 Å². The van der Waals surface area contributed by atoms with Crippen LogP contribution in [0, 0.1) is 11.2 Å². The van der Waals surface area contributed by atoms with Crippen LogP contribution in [0.3, 0.4) is 0 Å². The minimum absolute atomic E-state index is 0.190. The number of halogens is 1. The second-order valence-electron chi connectivity index (χ2n) is 4.86. The summed E-state index contributed by atoms with van der Waals surface area (Å²) >= 11 is 0. The molecule has 1 rings (SSSR count). The highest BCUT2D eigenvalue weighted by atomic mass is 19.1. The standard InChI is InChI=1S/C13H17FO3/c1-13(2,3)12(16)11(8-15)17-10-6-4-9(14)5-7-10/h4-7,11,15H,8H2,1-3H3. The van der Waals surface area contributed by atoms with Gasteiger partial charge in [-0.2, -0.15) is 0 Å². The summed E-state index contributed by atoms with van der Waals surface area (Å²) in [6.07, 6.45) is -0.916. The summed E-state index contributed by atoms with van der Waals surface area (Å²) in [5.74, 6) is -0.201. The first-order valence-electron chi connectivity index (χ1n) is 5.42. The van der Waals surface area contributed by atoms with Crippen molar-refractivity contribution in [1.82, 2.24) is 0 Å². The maximum atomic E-state index is 12.7. The van der Waals surface area contributed by atoms with Gasteiger partial charge in [0.05, 0.1) is 6.61 Å². The molecule has 94 valence electrons. The molecule has 1 aromatic carbocycles. The van der Waals surface area contributed by atoms with Gasteiger partial charge in [-0.1, -0.05) is 20.8 Å². The Hall–Kier alpha value is -1.42. The highest BCUT2D eigenvalue weighted by Gasteiger charge is 2.30. The van der Waals surface area contributed by atoms with Crippen molar-refractivity contribution in [2.75, 3.05) is 6.61 Å². The molecule has 3 nitrogen and oxygen atoms in total. The Bertz CT molecular complexity index is 379. The Morgan fingerprint density at radius 3 is 2.29 bits per heavy atom. The fraction of sp³-hybridized carbons (Fsp3) is 0.462. The number of hydrogen-bond donors (Lipinski definition) is 1. The fourth-order valence-corrected chi connectivity index (χ4v) is 1.33. The molecule has 0 saturated carbocycles. The third-order valence-corrected chi connectivity index (χ3v) is 2.29. The van der Waals surface area contributed by atoms with Crippen molar-refractivity contribution in [3.8, 4) is 5.75 Å².